The van der Waals surface area contributed by atoms with E-state index in [4.69, 9.17) is 23.2 Å². The fourth-order valence-electron chi connectivity index (χ4n) is 2.83. The molecule has 1 aliphatic rings. The zero-order valence-electron chi connectivity index (χ0n) is 13.1. The molecule has 130 valence electrons. The summed E-state index contributed by atoms with van der Waals surface area (Å²) in [6.07, 6.45) is 0. The Morgan fingerprint density at radius 3 is 2.23 bits per heavy atom. The van der Waals surface area contributed by atoms with Crippen molar-refractivity contribution >= 4 is 50.6 Å². The monoisotopic (exact) mass is 420 g/mol. The maximum absolute atomic E-state index is 13.0. The molecule has 0 atom stereocenters. The number of ketones is 1. The van der Waals surface area contributed by atoms with E-state index in [0.29, 0.717) is 9.92 Å². The first-order chi connectivity index (χ1) is 12.4. The van der Waals surface area contributed by atoms with E-state index in [-0.39, 0.29) is 31.7 Å². The van der Waals surface area contributed by atoms with Gasteiger partial charge in [-0.1, -0.05) is 47.1 Å². The third kappa shape index (κ3) is 2.76. The van der Waals surface area contributed by atoms with Gasteiger partial charge in [-0.3, -0.25) is 4.79 Å². The van der Waals surface area contributed by atoms with Crippen LogP contribution in [-0.2, 0) is 9.84 Å². The number of hydrogen-bond donors (Lipinski definition) is 0. The van der Waals surface area contributed by atoms with Gasteiger partial charge in [-0.15, -0.1) is 0 Å². The fraction of sp³-hybridized carbons (Fsp3) is 0. The molecule has 0 spiro atoms. The third-order valence-electron chi connectivity index (χ3n) is 4.04. The highest BCUT2D eigenvalue weighted by molar-refractivity contribution is 7.99. The van der Waals surface area contributed by atoms with Gasteiger partial charge in [0.25, 0.3) is 0 Å². The molecular weight excluding hydrogens is 411 g/mol. The molecule has 1 aliphatic heterocycles. The lowest BCUT2D eigenvalue weighted by molar-refractivity contribution is 0.103. The van der Waals surface area contributed by atoms with Gasteiger partial charge in [-0.25, -0.2) is 8.42 Å². The van der Waals surface area contributed by atoms with Gasteiger partial charge < -0.3 is 0 Å². The summed E-state index contributed by atoms with van der Waals surface area (Å²) in [5, 5.41) is 0.668. The topological polar surface area (TPSA) is 51.2 Å². The van der Waals surface area contributed by atoms with Crippen molar-refractivity contribution in [2.45, 2.75) is 19.6 Å². The number of carbonyl (C=O) groups excluding carboxylic acids is 1. The number of fused-ring (bicyclic) bond motifs is 2. The van der Waals surface area contributed by atoms with E-state index in [1.807, 2.05) is 12.1 Å². The Labute approximate surface area is 164 Å². The first-order valence-electron chi connectivity index (χ1n) is 7.54. The van der Waals surface area contributed by atoms with Crippen LogP contribution in [-0.4, -0.2) is 14.2 Å². The first-order valence-corrected chi connectivity index (χ1v) is 10.6. The van der Waals surface area contributed by atoms with Crippen molar-refractivity contribution in [3.05, 3.63) is 81.8 Å². The molecule has 0 saturated carbocycles. The molecule has 3 aromatic carbocycles. The van der Waals surface area contributed by atoms with Crippen molar-refractivity contribution in [1.82, 2.24) is 0 Å². The Hall–Kier alpha value is -1.79. The van der Waals surface area contributed by atoms with Crippen LogP contribution in [0.3, 0.4) is 0 Å². The molecule has 0 bridgehead atoms. The van der Waals surface area contributed by atoms with Crippen molar-refractivity contribution in [3.63, 3.8) is 0 Å². The van der Waals surface area contributed by atoms with E-state index < -0.39 is 9.84 Å². The smallest absolute Gasteiger partial charge is 0.209 e. The quantitative estimate of drug-likeness (QED) is 0.428. The van der Waals surface area contributed by atoms with E-state index >= 15 is 0 Å². The van der Waals surface area contributed by atoms with Gasteiger partial charge >= 0.3 is 0 Å². The molecule has 0 saturated heterocycles. The largest absolute Gasteiger partial charge is 0.289 e. The molecule has 0 radical (unpaired) electrons. The first kappa shape index (κ1) is 17.6. The predicted molar refractivity (Wildman–Crippen MR) is 102 cm³/mol. The zero-order chi connectivity index (χ0) is 18.5. The fourth-order valence-corrected chi connectivity index (χ4v) is 6.19. The second-order valence-corrected chi connectivity index (χ2v) is 9.42. The molecule has 4 rings (SSSR count). The summed E-state index contributed by atoms with van der Waals surface area (Å²) in [4.78, 5) is 14.0. The maximum atomic E-state index is 13.0. The Balaban J connectivity index is 1.88. The van der Waals surface area contributed by atoms with Gasteiger partial charge in [0.2, 0.25) is 9.84 Å². The Morgan fingerprint density at radius 1 is 0.808 bits per heavy atom. The third-order valence-corrected chi connectivity index (χ3v) is 7.87. The van der Waals surface area contributed by atoms with Crippen LogP contribution in [0.25, 0.3) is 0 Å². The Kier molecular flexibility index (Phi) is 4.35. The zero-order valence-corrected chi connectivity index (χ0v) is 16.2. The van der Waals surface area contributed by atoms with Crippen LogP contribution in [0.1, 0.15) is 15.9 Å². The average Bonchev–Trinajstić information content (AvgIpc) is 2.63. The molecule has 0 aliphatic carbocycles. The summed E-state index contributed by atoms with van der Waals surface area (Å²) in [5.41, 5.74) is 0.281. The van der Waals surface area contributed by atoms with Crippen LogP contribution < -0.4 is 0 Å². The van der Waals surface area contributed by atoms with Crippen molar-refractivity contribution in [2.24, 2.45) is 0 Å². The number of carbonyl (C=O) groups is 1. The van der Waals surface area contributed by atoms with Crippen molar-refractivity contribution in [3.8, 4) is 0 Å². The van der Waals surface area contributed by atoms with Crippen molar-refractivity contribution in [1.29, 1.82) is 0 Å². The minimum Gasteiger partial charge on any atom is -0.289 e. The highest BCUT2D eigenvalue weighted by atomic mass is 35.5. The molecule has 0 aromatic heterocycles. The molecule has 1 heterocycles. The number of rotatable bonds is 2. The van der Waals surface area contributed by atoms with Crippen LogP contribution in [0.5, 0.6) is 0 Å². The summed E-state index contributed by atoms with van der Waals surface area (Å²) in [7, 11) is -3.87. The second kappa shape index (κ2) is 6.43. The number of hydrogen-bond acceptors (Lipinski definition) is 4. The van der Waals surface area contributed by atoms with E-state index in [0.717, 1.165) is 4.90 Å². The van der Waals surface area contributed by atoms with Crippen molar-refractivity contribution in [2.75, 3.05) is 0 Å². The highest BCUT2D eigenvalue weighted by Gasteiger charge is 2.37. The Morgan fingerprint density at radius 2 is 1.50 bits per heavy atom. The normalized spacial score (nSPS) is 14.6. The Bertz CT molecular complexity index is 1150. The molecule has 26 heavy (non-hydrogen) atoms. The predicted octanol–water partition coefficient (Wildman–Crippen LogP) is 5.52. The maximum Gasteiger partial charge on any atom is 0.209 e. The van der Waals surface area contributed by atoms with Gasteiger partial charge in [0, 0.05) is 25.9 Å². The van der Waals surface area contributed by atoms with Crippen LogP contribution in [0.15, 0.2) is 80.2 Å². The van der Waals surface area contributed by atoms with Gasteiger partial charge in [-0.2, -0.15) is 0 Å². The molecule has 3 nitrogen and oxygen atoms in total. The number of sulfone groups is 1. The van der Waals surface area contributed by atoms with Gasteiger partial charge in [0.05, 0.1) is 9.92 Å². The summed E-state index contributed by atoms with van der Waals surface area (Å²) >= 11 is 13.6. The summed E-state index contributed by atoms with van der Waals surface area (Å²) in [6.45, 7) is 0. The molecule has 7 heteroatoms. The van der Waals surface area contributed by atoms with Crippen LogP contribution in [0.2, 0.25) is 10.0 Å². The minimum atomic E-state index is -3.87. The minimum absolute atomic E-state index is 0.00644. The van der Waals surface area contributed by atoms with E-state index in [1.165, 1.54) is 30.0 Å². The summed E-state index contributed by atoms with van der Waals surface area (Å²) in [6, 6.07) is 16.5. The lowest BCUT2D eigenvalue weighted by Gasteiger charge is -2.21. The SMILES string of the molecule is O=C1c2ccccc2S(=O)(=O)c2c1ccc(Sc1ccc(Cl)cc1)c2Cl. The standard InChI is InChI=1S/C19H10Cl2O3S2/c20-11-5-7-12(8-6-11)25-15-10-9-14-18(22)13-3-1-2-4-16(13)26(23,24)19(14)17(15)21/h1-10H. The van der Waals surface area contributed by atoms with Gasteiger partial charge in [0.1, 0.15) is 4.90 Å². The van der Waals surface area contributed by atoms with E-state index in [9.17, 15) is 13.2 Å². The average molecular weight is 421 g/mol. The summed E-state index contributed by atoms with van der Waals surface area (Å²) in [5.74, 6) is -0.338. The summed E-state index contributed by atoms with van der Waals surface area (Å²) < 4.78 is 26.1. The molecule has 0 amide bonds. The van der Waals surface area contributed by atoms with Crippen LogP contribution in [0, 0.1) is 0 Å². The molecule has 3 aromatic rings. The van der Waals surface area contributed by atoms with Crippen LogP contribution >= 0.6 is 35.0 Å². The number of benzene rings is 3. The highest BCUT2D eigenvalue weighted by Crippen LogP contribution is 2.44. The van der Waals surface area contributed by atoms with E-state index in [1.54, 1.807) is 30.3 Å². The van der Waals surface area contributed by atoms with Crippen LogP contribution in [0.4, 0.5) is 0 Å². The second-order valence-electron chi connectivity index (χ2n) is 5.64. The van der Waals surface area contributed by atoms with Gasteiger partial charge in [-0.05, 0) is 48.5 Å². The number of halogens is 2. The molecule has 0 unspecified atom stereocenters. The molecular formula is C19H10Cl2O3S2. The molecule has 0 N–H and O–H groups in total. The lowest BCUT2D eigenvalue weighted by Crippen LogP contribution is -2.20. The molecule has 0 fully saturated rings. The van der Waals surface area contributed by atoms with Crippen molar-refractivity contribution < 1.29 is 13.2 Å². The van der Waals surface area contributed by atoms with E-state index in [2.05, 4.69) is 0 Å². The lowest BCUT2D eigenvalue weighted by atomic mass is 10.0. The van der Waals surface area contributed by atoms with Gasteiger partial charge in [0.15, 0.2) is 5.78 Å².